The maximum absolute atomic E-state index is 11.9. The van der Waals surface area contributed by atoms with Crippen LogP contribution >= 0.6 is 0 Å². The number of aromatic nitrogens is 1. The fourth-order valence-electron chi connectivity index (χ4n) is 2.94. The summed E-state index contributed by atoms with van der Waals surface area (Å²) < 4.78 is 12.0. The van der Waals surface area contributed by atoms with Crippen molar-refractivity contribution in [3.05, 3.63) is 47.0 Å². The van der Waals surface area contributed by atoms with Gasteiger partial charge in [-0.3, -0.25) is 9.36 Å². The van der Waals surface area contributed by atoms with Gasteiger partial charge in [-0.05, 0) is 36.8 Å². The second-order valence-electron chi connectivity index (χ2n) is 6.10. The van der Waals surface area contributed by atoms with Crippen LogP contribution in [-0.4, -0.2) is 17.1 Å². The Hall–Kier alpha value is -2.30. The highest BCUT2D eigenvalue weighted by Gasteiger charge is 2.20. The standard InChI is InChI=1S/C18H21NO4/c1-13-6-2-3-7-14(13)12-22-17(20)10-11-19-15-8-4-5-9-16(15)23-18(19)21/h2-5,8-9,13-14H,6-7,10-12H2,1H3. The molecule has 0 spiro atoms. The van der Waals surface area contributed by atoms with Crippen molar-refractivity contribution in [1.82, 2.24) is 4.57 Å². The third-order valence-corrected chi connectivity index (χ3v) is 4.49. The molecule has 0 saturated carbocycles. The van der Waals surface area contributed by atoms with Gasteiger partial charge in [0.05, 0.1) is 18.5 Å². The maximum atomic E-state index is 11.9. The molecule has 2 atom stereocenters. The first-order valence-corrected chi connectivity index (χ1v) is 8.04. The van der Waals surface area contributed by atoms with Crippen LogP contribution < -0.4 is 5.76 Å². The Morgan fingerprint density at radius 1 is 1.30 bits per heavy atom. The second kappa shape index (κ2) is 6.86. The van der Waals surface area contributed by atoms with E-state index in [1.54, 1.807) is 6.07 Å². The SMILES string of the molecule is CC1CC=CCC1COC(=O)CCn1c(=O)oc2ccccc21. The topological polar surface area (TPSA) is 61.4 Å². The molecule has 5 nitrogen and oxygen atoms in total. The Kier molecular flexibility index (Phi) is 4.65. The van der Waals surface area contributed by atoms with Crippen LogP contribution in [0.25, 0.3) is 11.1 Å². The molecule has 0 fully saturated rings. The number of benzene rings is 1. The Bertz CT molecular complexity index is 771. The molecule has 1 aliphatic carbocycles. The number of carbonyl (C=O) groups excluding carboxylic acids is 1. The van der Waals surface area contributed by atoms with Gasteiger partial charge in [0.25, 0.3) is 0 Å². The second-order valence-corrected chi connectivity index (χ2v) is 6.10. The Balaban J connectivity index is 1.55. The molecule has 0 bridgehead atoms. The predicted molar refractivity (Wildman–Crippen MR) is 87.1 cm³/mol. The number of para-hydroxylation sites is 2. The molecule has 0 saturated heterocycles. The molecule has 1 aliphatic rings. The van der Waals surface area contributed by atoms with Crippen LogP contribution in [0.15, 0.2) is 45.6 Å². The largest absolute Gasteiger partial charge is 0.465 e. The molecule has 3 rings (SSSR count). The number of fused-ring (bicyclic) bond motifs is 1. The summed E-state index contributed by atoms with van der Waals surface area (Å²) in [6, 6.07) is 7.19. The lowest BCUT2D eigenvalue weighted by Gasteiger charge is -2.24. The van der Waals surface area contributed by atoms with Gasteiger partial charge >= 0.3 is 11.7 Å². The molecule has 5 heteroatoms. The Morgan fingerprint density at radius 2 is 2.09 bits per heavy atom. The number of aryl methyl sites for hydroxylation is 1. The zero-order valence-electron chi connectivity index (χ0n) is 13.2. The van der Waals surface area contributed by atoms with Crippen molar-refractivity contribution in [1.29, 1.82) is 0 Å². The number of ether oxygens (including phenoxy) is 1. The molecule has 2 aromatic rings. The third kappa shape index (κ3) is 3.55. The molecule has 2 unspecified atom stereocenters. The van der Waals surface area contributed by atoms with Gasteiger partial charge in [-0.25, -0.2) is 4.79 Å². The van der Waals surface area contributed by atoms with Crippen LogP contribution in [-0.2, 0) is 16.1 Å². The Morgan fingerprint density at radius 3 is 2.91 bits per heavy atom. The smallest absolute Gasteiger partial charge is 0.419 e. The fourth-order valence-corrected chi connectivity index (χ4v) is 2.94. The first kappa shape index (κ1) is 15.6. The highest BCUT2D eigenvalue weighted by Crippen LogP contribution is 2.25. The predicted octanol–water partition coefficient (Wildman–Crippen LogP) is 3.13. The average Bonchev–Trinajstić information content (AvgIpc) is 2.87. The molecule has 0 amide bonds. The molecule has 0 N–H and O–H groups in total. The van der Waals surface area contributed by atoms with Crippen molar-refractivity contribution in [2.45, 2.75) is 32.7 Å². The molecule has 1 heterocycles. The maximum Gasteiger partial charge on any atom is 0.419 e. The van der Waals surface area contributed by atoms with E-state index in [0.717, 1.165) is 12.8 Å². The van der Waals surface area contributed by atoms with E-state index in [4.69, 9.17) is 9.15 Å². The van der Waals surface area contributed by atoms with E-state index in [2.05, 4.69) is 19.1 Å². The van der Waals surface area contributed by atoms with E-state index < -0.39 is 5.76 Å². The van der Waals surface area contributed by atoms with Gasteiger partial charge < -0.3 is 9.15 Å². The van der Waals surface area contributed by atoms with Crippen LogP contribution in [0.1, 0.15) is 26.2 Å². The lowest BCUT2D eigenvalue weighted by Crippen LogP contribution is -2.23. The highest BCUT2D eigenvalue weighted by atomic mass is 16.5. The lowest BCUT2D eigenvalue weighted by molar-refractivity contribution is -0.145. The molecule has 1 aromatic carbocycles. The number of carbonyl (C=O) groups is 1. The van der Waals surface area contributed by atoms with Crippen molar-refractivity contribution in [2.24, 2.45) is 11.8 Å². The van der Waals surface area contributed by atoms with Crippen molar-refractivity contribution in [3.63, 3.8) is 0 Å². The van der Waals surface area contributed by atoms with E-state index in [-0.39, 0.29) is 18.9 Å². The average molecular weight is 315 g/mol. The van der Waals surface area contributed by atoms with E-state index in [1.807, 2.05) is 18.2 Å². The number of allylic oxidation sites excluding steroid dienone is 2. The van der Waals surface area contributed by atoms with Crippen molar-refractivity contribution in [2.75, 3.05) is 6.61 Å². The normalized spacial score (nSPS) is 20.7. The number of hydrogen-bond donors (Lipinski definition) is 0. The monoisotopic (exact) mass is 315 g/mol. The quantitative estimate of drug-likeness (QED) is 0.628. The number of hydrogen-bond acceptors (Lipinski definition) is 4. The van der Waals surface area contributed by atoms with Crippen molar-refractivity contribution >= 4 is 17.1 Å². The zero-order chi connectivity index (χ0) is 16.2. The van der Waals surface area contributed by atoms with Crippen molar-refractivity contribution < 1.29 is 13.9 Å². The summed E-state index contributed by atoms with van der Waals surface area (Å²) in [4.78, 5) is 23.8. The van der Waals surface area contributed by atoms with Gasteiger partial charge in [0, 0.05) is 6.54 Å². The van der Waals surface area contributed by atoms with Crippen LogP contribution in [0.5, 0.6) is 0 Å². The number of esters is 1. The minimum atomic E-state index is -0.440. The fraction of sp³-hybridized carbons (Fsp3) is 0.444. The van der Waals surface area contributed by atoms with Gasteiger partial charge in [0.1, 0.15) is 0 Å². The van der Waals surface area contributed by atoms with Crippen LogP contribution in [0.4, 0.5) is 0 Å². The number of oxazole rings is 1. The highest BCUT2D eigenvalue weighted by molar-refractivity contribution is 5.73. The van der Waals surface area contributed by atoms with Crippen LogP contribution in [0.3, 0.4) is 0 Å². The minimum absolute atomic E-state index is 0.167. The van der Waals surface area contributed by atoms with Crippen LogP contribution in [0, 0.1) is 11.8 Å². The summed E-state index contributed by atoms with van der Waals surface area (Å²) in [5, 5.41) is 0. The molecular weight excluding hydrogens is 294 g/mol. The number of rotatable bonds is 5. The molecule has 122 valence electrons. The zero-order valence-corrected chi connectivity index (χ0v) is 13.2. The van der Waals surface area contributed by atoms with Gasteiger partial charge in [-0.1, -0.05) is 31.2 Å². The van der Waals surface area contributed by atoms with Gasteiger partial charge in [0.15, 0.2) is 5.58 Å². The summed E-state index contributed by atoms with van der Waals surface area (Å²) in [6.45, 7) is 2.90. The summed E-state index contributed by atoms with van der Waals surface area (Å²) in [5.74, 6) is 0.212. The molecular formula is C18H21NO4. The van der Waals surface area contributed by atoms with Crippen molar-refractivity contribution in [3.8, 4) is 0 Å². The van der Waals surface area contributed by atoms with E-state index in [9.17, 15) is 9.59 Å². The lowest BCUT2D eigenvalue weighted by atomic mass is 9.85. The molecule has 23 heavy (non-hydrogen) atoms. The third-order valence-electron chi connectivity index (χ3n) is 4.49. The van der Waals surface area contributed by atoms with E-state index in [0.29, 0.717) is 29.5 Å². The van der Waals surface area contributed by atoms with Gasteiger partial charge in [0.2, 0.25) is 0 Å². The van der Waals surface area contributed by atoms with E-state index in [1.165, 1.54) is 4.57 Å². The number of nitrogens with zero attached hydrogens (tertiary/aromatic N) is 1. The van der Waals surface area contributed by atoms with E-state index >= 15 is 0 Å². The first-order chi connectivity index (χ1) is 11.1. The summed E-state index contributed by atoms with van der Waals surface area (Å²) in [6.07, 6.45) is 6.49. The van der Waals surface area contributed by atoms with Crippen LogP contribution in [0.2, 0.25) is 0 Å². The first-order valence-electron chi connectivity index (χ1n) is 8.04. The minimum Gasteiger partial charge on any atom is -0.465 e. The summed E-state index contributed by atoms with van der Waals surface area (Å²) in [5.41, 5.74) is 1.24. The molecule has 1 aromatic heterocycles. The van der Waals surface area contributed by atoms with Gasteiger partial charge in [-0.15, -0.1) is 0 Å². The van der Waals surface area contributed by atoms with Gasteiger partial charge in [-0.2, -0.15) is 0 Å². The molecule has 0 radical (unpaired) electrons. The summed E-state index contributed by atoms with van der Waals surface area (Å²) >= 11 is 0. The Labute approximate surface area is 134 Å². The molecule has 0 aliphatic heterocycles. The summed E-state index contributed by atoms with van der Waals surface area (Å²) in [7, 11) is 0.